The second-order valence-electron chi connectivity index (χ2n) is 2.83. The number of benzene rings is 1. The molecular formula is C11H15N. The van der Waals surface area contributed by atoms with Gasteiger partial charge < -0.3 is 0 Å². The molecule has 0 saturated carbocycles. The van der Waals surface area contributed by atoms with Crippen molar-refractivity contribution in [3.05, 3.63) is 35.9 Å². The SMILES string of the molecule is CCC=N[C@@H](C)c1ccccc1. The van der Waals surface area contributed by atoms with Crippen LogP contribution in [0.5, 0.6) is 0 Å². The van der Waals surface area contributed by atoms with Crippen LogP contribution in [-0.4, -0.2) is 6.21 Å². The monoisotopic (exact) mass is 161 g/mol. The van der Waals surface area contributed by atoms with Gasteiger partial charge in [-0.2, -0.15) is 0 Å². The van der Waals surface area contributed by atoms with Crippen LogP contribution in [0.15, 0.2) is 35.3 Å². The lowest BCUT2D eigenvalue weighted by atomic mass is 10.1. The summed E-state index contributed by atoms with van der Waals surface area (Å²) in [6, 6.07) is 10.6. The summed E-state index contributed by atoms with van der Waals surface area (Å²) in [7, 11) is 0. The maximum absolute atomic E-state index is 4.39. The van der Waals surface area contributed by atoms with Gasteiger partial charge in [-0.05, 0) is 25.1 Å². The van der Waals surface area contributed by atoms with E-state index in [2.05, 4.69) is 31.0 Å². The Balaban J connectivity index is 2.65. The molecule has 0 saturated heterocycles. The van der Waals surface area contributed by atoms with Gasteiger partial charge in [-0.1, -0.05) is 37.3 Å². The summed E-state index contributed by atoms with van der Waals surface area (Å²) >= 11 is 0. The molecule has 1 aromatic carbocycles. The van der Waals surface area contributed by atoms with Crippen molar-refractivity contribution in [1.82, 2.24) is 0 Å². The molecule has 1 aromatic rings. The zero-order chi connectivity index (χ0) is 8.81. The van der Waals surface area contributed by atoms with Gasteiger partial charge in [-0.15, -0.1) is 0 Å². The lowest BCUT2D eigenvalue weighted by molar-refractivity contribution is 0.821. The summed E-state index contributed by atoms with van der Waals surface area (Å²) in [5.41, 5.74) is 1.28. The minimum atomic E-state index is 0.297. The Morgan fingerprint density at radius 3 is 2.58 bits per heavy atom. The first-order chi connectivity index (χ1) is 5.84. The Hall–Kier alpha value is -1.11. The molecule has 0 bridgehead atoms. The van der Waals surface area contributed by atoms with Gasteiger partial charge in [0.15, 0.2) is 0 Å². The fourth-order valence-electron chi connectivity index (χ4n) is 1.08. The van der Waals surface area contributed by atoms with Crippen molar-refractivity contribution in [3.8, 4) is 0 Å². The maximum Gasteiger partial charge on any atom is 0.0716 e. The predicted molar refractivity (Wildman–Crippen MR) is 53.6 cm³/mol. The minimum Gasteiger partial charge on any atom is -0.290 e. The zero-order valence-corrected chi connectivity index (χ0v) is 7.70. The topological polar surface area (TPSA) is 12.4 Å². The van der Waals surface area contributed by atoms with Crippen LogP contribution < -0.4 is 0 Å². The second-order valence-corrected chi connectivity index (χ2v) is 2.83. The van der Waals surface area contributed by atoms with Crippen LogP contribution in [0.25, 0.3) is 0 Å². The number of hydrogen-bond donors (Lipinski definition) is 0. The van der Waals surface area contributed by atoms with E-state index < -0.39 is 0 Å². The molecule has 64 valence electrons. The third-order valence-electron chi connectivity index (χ3n) is 1.79. The van der Waals surface area contributed by atoms with Gasteiger partial charge in [0.25, 0.3) is 0 Å². The Morgan fingerprint density at radius 1 is 1.33 bits per heavy atom. The highest BCUT2D eigenvalue weighted by atomic mass is 14.7. The standard InChI is InChI=1S/C11H15N/c1-3-9-12-10(2)11-7-5-4-6-8-11/h4-10H,3H2,1-2H3/t10-/m0/s1. The molecule has 12 heavy (non-hydrogen) atoms. The first kappa shape index (κ1) is 8.98. The largest absolute Gasteiger partial charge is 0.290 e. The van der Waals surface area contributed by atoms with Crippen LogP contribution in [-0.2, 0) is 0 Å². The third-order valence-corrected chi connectivity index (χ3v) is 1.79. The van der Waals surface area contributed by atoms with E-state index in [9.17, 15) is 0 Å². The van der Waals surface area contributed by atoms with Crippen LogP contribution in [0.1, 0.15) is 31.9 Å². The number of hydrogen-bond acceptors (Lipinski definition) is 1. The molecule has 0 fully saturated rings. The maximum atomic E-state index is 4.39. The van der Waals surface area contributed by atoms with E-state index in [0.717, 1.165) is 6.42 Å². The van der Waals surface area contributed by atoms with Crippen molar-refractivity contribution in [2.75, 3.05) is 0 Å². The molecule has 0 N–H and O–H groups in total. The quantitative estimate of drug-likeness (QED) is 0.603. The van der Waals surface area contributed by atoms with Gasteiger partial charge in [0, 0.05) is 0 Å². The van der Waals surface area contributed by atoms with E-state index in [1.165, 1.54) is 5.56 Å². The van der Waals surface area contributed by atoms with Gasteiger partial charge >= 0.3 is 0 Å². The molecule has 0 amide bonds. The molecule has 0 unspecified atom stereocenters. The zero-order valence-electron chi connectivity index (χ0n) is 7.70. The van der Waals surface area contributed by atoms with E-state index in [1.54, 1.807) is 0 Å². The summed E-state index contributed by atoms with van der Waals surface area (Å²) in [6.07, 6.45) is 2.98. The second kappa shape index (κ2) is 4.70. The van der Waals surface area contributed by atoms with Gasteiger partial charge in [0.05, 0.1) is 6.04 Å². The van der Waals surface area contributed by atoms with E-state index in [4.69, 9.17) is 0 Å². The first-order valence-electron chi connectivity index (χ1n) is 4.41. The highest BCUT2D eigenvalue weighted by Gasteiger charge is 1.98. The summed E-state index contributed by atoms with van der Waals surface area (Å²) < 4.78 is 0. The third kappa shape index (κ3) is 2.50. The van der Waals surface area contributed by atoms with Gasteiger partial charge in [-0.3, -0.25) is 4.99 Å². The van der Waals surface area contributed by atoms with Crippen LogP contribution in [0.4, 0.5) is 0 Å². The van der Waals surface area contributed by atoms with E-state index in [0.29, 0.717) is 6.04 Å². The van der Waals surface area contributed by atoms with E-state index >= 15 is 0 Å². The van der Waals surface area contributed by atoms with Crippen LogP contribution in [0.2, 0.25) is 0 Å². The normalized spacial score (nSPS) is 13.5. The molecule has 0 heterocycles. The van der Waals surface area contributed by atoms with Crippen molar-refractivity contribution in [3.63, 3.8) is 0 Å². The number of nitrogens with zero attached hydrogens (tertiary/aromatic N) is 1. The number of rotatable bonds is 3. The Kier molecular flexibility index (Phi) is 3.52. The van der Waals surface area contributed by atoms with Crippen LogP contribution >= 0.6 is 0 Å². The molecule has 0 aliphatic rings. The van der Waals surface area contributed by atoms with Gasteiger partial charge in [0.2, 0.25) is 0 Å². The molecule has 0 aromatic heterocycles. The molecule has 1 heteroatoms. The van der Waals surface area contributed by atoms with Crippen molar-refractivity contribution in [1.29, 1.82) is 0 Å². The molecule has 0 radical (unpaired) electrons. The van der Waals surface area contributed by atoms with Crippen molar-refractivity contribution in [2.45, 2.75) is 26.3 Å². The summed E-state index contributed by atoms with van der Waals surface area (Å²) in [5, 5.41) is 0. The van der Waals surface area contributed by atoms with Gasteiger partial charge in [-0.25, -0.2) is 0 Å². The van der Waals surface area contributed by atoms with Crippen molar-refractivity contribution in [2.24, 2.45) is 4.99 Å². The molecule has 1 nitrogen and oxygen atoms in total. The molecule has 0 aliphatic carbocycles. The lowest BCUT2D eigenvalue weighted by Crippen LogP contribution is -1.88. The van der Waals surface area contributed by atoms with E-state index in [-0.39, 0.29) is 0 Å². The van der Waals surface area contributed by atoms with Gasteiger partial charge in [0.1, 0.15) is 0 Å². The average Bonchev–Trinajstić information content (AvgIpc) is 2.15. The van der Waals surface area contributed by atoms with Crippen LogP contribution in [0, 0.1) is 0 Å². The van der Waals surface area contributed by atoms with Crippen molar-refractivity contribution < 1.29 is 0 Å². The molecule has 1 rings (SSSR count). The van der Waals surface area contributed by atoms with E-state index in [1.807, 2.05) is 24.4 Å². The average molecular weight is 161 g/mol. The Morgan fingerprint density at radius 2 is 2.00 bits per heavy atom. The summed E-state index contributed by atoms with van der Waals surface area (Å²) in [5.74, 6) is 0. The summed E-state index contributed by atoms with van der Waals surface area (Å²) in [6.45, 7) is 4.21. The summed E-state index contributed by atoms with van der Waals surface area (Å²) in [4.78, 5) is 4.39. The Bertz CT molecular complexity index is 238. The van der Waals surface area contributed by atoms with Crippen molar-refractivity contribution >= 4 is 6.21 Å². The smallest absolute Gasteiger partial charge is 0.0716 e. The fraction of sp³-hybridized carbons (Fsp3) is 0.364. The predicted octanol–water partition coefficient (Wildman–Crippen LogP) is 3.23. The fourth-order valence-corrected chi connectivity index (χ4v) is 1.08. The first-order valence-corrected chi connectivity index (χ1v) is 4.41. The number of aliphatic imine (C=N–C) groups is 1. The highest BCUT2D eigenvalue weighted by molar-refractivity contribution is 5.57. The Labute approximate surface area is 74.2 Å². The molecule has 0 aliphatic heterocycles. The molecular weight excluding hydrogens is 146 g/mol. The lowest BCUT2D eigenvalue weighted by Gasteiger charge is -2.04. The molecule has 1 atom stereocenters. The molecule has 0 spiro atoms. The minimum absolute atomic E-state index is 0.297. The van der Waals surface area contributed by atoms with Crippen LogP contribution in [0.3, 0.4) is 0 Å². The highest BCUT2D eigenvalue weighted by Crippen LogP contribution is 2.14.